The number of nitrogens with zero attached hydrogens (tertiary/aromatic N) is 1. The summed E-state index contributed by atoms with van der Waals surface area (Å²) in [6.45, 7) is 3.94. The molecular weight excluding hydrogens is 262 g/mol. The predicted octanol–water partition coefficient (Wildman–Crippen LogP) is 1.97. The lowest BCUT2D eigenvalue weighted by molar-refractivity contribution is -0.118. The summed E-state index contributed by atoms with van der Waals surface area (Å²) in [7, 11) is 0. The lowest BCUT2D eigenvalue weighted by Gasteiger charge is -2.16. The molecule has 0 bridgehead atoms. The molecule has 1 aliphatic carbocycles. The molecule has 0 radical (unpaired) electrons. The Labute approximate surface area is 116 Å². The van der Waals surface area contributed by atoms with Crippen LogP contribution in [0.25, 0.3) is 0 Å². The first-order chi connectivity index (χ1) is 9.02. The Hall–Kier alpha value is -1.27. The quantitative estimate of drug-likeness (QED) is 0.883. The standard InChI is InChI=1S/C13H19N3O2S/c1-3-7(2)10(14)12(18)16-13-15-8-5-4-6-9(17)11(8)19-13/h7,10H,3-6,14H2,1-2H3,(H,15,16,18). The van der Waals surface area contributed by atoms with Crippen molar-refractivity contribution in [3.8, 4) is 0 Å². The lowest BCUT2D eigenvalue weighted by Crippen LogP contribution is -2.40. The van der Waals surface area contributed by atoms with Crippen LogP contribution in [0.15, 0.2) is 0 Å². The number of nitrogens with two attached hydrogens (primary N) is 1. The van der Waals surface area contributed by atoms with Gasteiger partial charge >= 0.3 is 0 Å². The van der Waals surface area contributed by atoms with Crippen LogP contribution >= 0.6 is 11.3 Å². The van der Waals surface area contributed by atoms with Crippen molar-refractivity contribution in [2.75, 3.05) is 5.32 Å². The van der Waals surface area contributed by atoms with E-state index in [1.807, 2.05) is 13.8 Å². The zero-order valence-electron chi connectivity index (χ0n) is 11.2. The van der Waals surface area contributed by atoms with Crippen molar-refractivity contribution < 1.29 is 9.59 Å². The van der Waals surface area contributed by atoms with Crippen LogP contribution in [-0.2, 0) is 11.2 Å². The predicted molar refractivity (Wildman–Crippen MR) is 75.4 cm³/mol. The van der Waals surface area contributed by atoms with Crippen LogP contribution in [0.2, 0.25) is 0 Å². The highest BCUT2D eigenvalue weighted by atomic mass is 32.1. The highest BCUT2D eigenvalue weighted by Gasteiger charge is 2.25. The smallest absolute Gasteiger partial charge is 0.243 e. The van der Waals surface area contributed by atoms with Crippen molar-refractivity contribution in [2.24, 2.45) is 11.7 Å². The summed E-state index contributed by atoms with van der Waals surface area (Å²) in [5, 5.41) is 3.22. The van der Waals surface area contributed by atoms with E-state index in [1.165, 1.54) is 11.3 Å². The minimum absolute atomic E-state index is 0.121. The van der Waals surface area contributed by atoms with Crippen molar-refractivity contribution in [3.63, 3.8) is 0 Å². The Bertz CT molecular complexity index is 498. The van der Waals surface area contributed by atoms with Gasteiger partial charge in [-0.15, -0.1) is 0 Å². The van der Waals surface area contributed by atoms with Gasteiger partial charge in [0.2, 0.25) is 5.91 Å². The van der Waals surface area contributed by atoms with Gasteiger partial charge in [-0.2, -0.15) is 0 Å². The number of nitrogens with one attached hydrogen (secondary N) is 1. The maximum absolute atomic E-state index is 12.0. The molecular formula is C13H19N3O2S. The monoisotopic (exact) mass is 281 g/mol. The van der Waals surface area contributed by atoms with Crippen molar-refractivity contribution in [1.82, 2.24) is 4.98 Å². The van der Waals surface area contributed by atoms with Gasteiger partial charge in [-0.1, -0.05) is 31.6 Å². The van der Waals surface area contributed by atoms with Gasteiger partial charge in [0.1, 0.15) is 0 Å². The Morgan fingerprint density at radius 2 is 2.26 bits per heavy atom. The van der Waals surface area contributed by atoms with Gasteiger partial charge in [0.25, 0.3) is 0 Å². The first-order valence-corrected chi connectivity index (χ1v) is 7.44. The summed E-state index contributed by atoms with van der Waals surface area (Å²) in [6.07, 6.45) is 3.08. The van der Waals surface area contributed by atoms with Crippen LogP contribution in [0.1, 0.15) is 48.5 Å². The molecule has 5 nitrogen and oxygen atoms in total. The maximum Gasteiger partial charge on any atom is 0.243 e. The number of carbonyl (C=O) groups is 2. The normalized spacial score (nSPS) is 17.7. The van der Waals surface area contributed by atoms with Crippen LogP contribution in [0, 0.1) is 5.92 Å². The second kappa shape index (κ2) is 5.79. The first kappa shape index (κ1) is 14.1. The zero-order chi connectivity index (χ0) is 14.0. The average Bonchev–Trinajstić information content (AvgIpc) is 2.80. The molecule has 0 fully saturated rings. The second-order valence-corrected chi connectivity index (χ2v) is 5.97. The molecule has 6 heteroatoms. The van der Waals surface area contributed by atoms with E-state index in [2.05, 4.69) is 10.3 Å². The number of carbonyl (C=O) groups excluding carboxylic acids is 2. The van der Waals surface area contributed by atoms with Crippen molar-refractivity contribution in [2.45, 2.75) is 45.6 Å². The van der Waals surface area contributed by atoms with E-state index >= 15 is 0 Å². The third-order valence-electron chi connectivity index (χ3n) is 3.56. The number of amides is 1. The van der Waals surface area contributed by atoms with E-state index in [9.17, 15) is 9.59 Å². The summed E-state index contributed by atoms with van der Waals surface area (Å²) in [6, 6.07) is -0.540. The number of fused-ring (bicyclic) bond motifs is 1. The van der Waals surface area contributed by atoms with E-state index in [-0.39, 0.29) is 17.6 Å². The SMILES string of the molecule is CCC(C)C(N)C(=O)Nc1nc2c(s1)C(=O)CCC2. The molecule has 3 N–H and O–H groups in total. The second-order valence-electron chi connectivity index (χ2n) is 4.97. The summed E-state index contributed by atoms with van der Waals surface area (Å²) in [5.41, 5.74) is 6.68. The van der Waals surface area contributed by atoms with Gasteiger partial charge in [0.05, 0.1) is 16.6 Å². The molecule has 1 amide bonds. The largest absolute Gasteiger partial charge is 0.320 e. The third-order valence-corrected chi connectivity index (χ3v) is 4.61. The van der Waals surface area contributed by atoms with Gasteiger partial charge < -0.3 is 11.1 Å². The number of aromatic nitrogens is 1. The van der Waals surface area contributed by atoms with Gasteiger partial charge in [-0.25, -0.2) is 4.98 Å². The summed E-state index contributed by atoms with van der Waals surface area (Å²) in [5.74, 6) is 0.0228. The van der Waals surface area contributed by atoms with Crippen LogP contribution in [0.5, 0.6) is 0 Å². The van der Waals surface area contributed by atoms with Gasteiger partial charge in [-0.05, 0) is 18.8 Å². The molecule has 0 aliphatic heterocycles. The number of hydrogen-bond donors (Lipinski definition) is 2. The minimum atomic E-state index is -0.540. The fourth-order valence-electron chi connectivity index (χ4n) is 2.02. The number of thiazole rings is 1. The Kier molecular flexibility index (Phi) is 4.31. The lowest BCUT2D eigenvalue weighted by atomic mass is 10.00. The molecule has 2 unspecified atom stereocenters. The fraction of sp³-hybridized carbons (Fsp3) is 0.615. The Morgan fingerprint density at radius 3 is 2.89 bits per heavy atom. The number of aryl methyl sites for hydroxylation is 1. The molecule has 0 saturated carbocycles. The first-order valence-electron chi connectivity index (χ1n) is 6.62. The van der Waals surface area contributed by atoms with Crippen molar-refractivity contribution >= 4 is 28.2 Å². The van der Waals surface area contributed by atoms with Crippen LogP contribution in [-0.4, -0.2) is 22.7 Å². The van der Waals surface area contributed by atoms with Gasteiger partial charge in [0.15, 0.2) is 10.9 Å². The maximum atomic E-state index is 12.0. The van der Waals surface area contributed by atoms with Crippen molar-refractivity contribution in [1.29, 1.82) is 0 Å². The molecule has 0 aromatic carbocycles. The molecule has 0 spiro atoms. The van der Waals surface area contributed by atoms with Crippen LogP contribution in [0.4, 0.5) is 5.13 Å². The minimum Gasteiger partial charge on any atom is -0.320 e. The third kappa shape index (κ3) is 3.01. The number of Topliss-reactive ketones (excluding diaryl/α,β-unsaturated/α-hetero) is 1. The summed E-state index contributed by atoms with van der Waals surface area (Å²) < 4.78 is 0. The zero-order valence-corrected chi connectivity index (χ0v) is 12.0. The Morgan fingerprint density at radius 1 is 1.53 bits per heavy atom. The molecule has 2 rings (SSSR count). The van der Waals surface area contributed by atoms with E-state index < -0.39 is 6.04 Å². The van der Waals surface area contributed by atoms with Crippen molar-refractivity contribution in [3.05, 3.63) is 10.6 Å². The van der Waals surface area contributed by atoms with E-state index in [0.29, 0.717) is 16.4 Å². The van der Waals surface area contributed by atoms with Gasteiger partial charge in [-0.3, -0.25) is 9.59 Å². The number of anilines is 1. The Balaban J connectivity index is 2.08. The summed E-state index contributed by atoms with van der Waals surface area (Å²) >= 11 is 1.26. The average molecular weight is 281 g/mol. The van der Waals surface area contributed by atoms with Crippen LogP contribution < -0.4 is 11.1 Å². The van der Waals surface area contributed by atoms with E-state index in [4.69, 9.17) is 5.73 Å². The van der Waals surface area contributed by atoms with E-state index in [1.54, 1.807) is 0 Å². The molecule has 1 aromatic heterocycles. The number of rotatable bonds is 4. The molecule has 1 aromatic rings. The van der Waals surface area contributed by atoms with Gasteiger partial charge in [0, 0.05) is 6.42 Å². The molecule has 0 saturated heterocycles. The molecule has 1 aliphatic rings. The number of ketones is 1. The molecule has 1 heterocycles. The van der Waals surface area contributed by atoms with E-state index in [0.717, 1.165) is 25.0 Å². The number of hydrogen-bond acceptors (Lipinski definition) is 5. The highest BCUT2D eigenvalue weighted by molar-refractivity contribution is 7.17. The fourth-order valence-corrected chi connectivity index (χ4v) is 3.01. The molecule has 2 atom stereocenters. The molecule has 104 valence electrons. The highest BCUT2D eigenvalue weighted by Crippen LogP contribution is 2.29. The topological polar surface area (TPSA) is 85.1 Å². The van der Waals surface area contributed by atoms with Crippen LogP contribution in [0.3, 0.4) is 0 Å². The molecule has 19 heavy (non-hydrogen) atoms. The summed E-state index contributed by atoms with van der Waals surface area (Å²) in [4.78, 5) is 28.7.